The van der Waals surface area contributed by atoms with Crippen molar-refractivity contribution in [1.82, 2.24) is 15.5 Å². The summed E-state index contributed by atoms with van der Waals surface area (Å²) in [7, 11) is 1.56. The van der Waals surface area contributed by atoms with Gasteiger partial charge in [0.05, 0.1) is 5.56 Å². The molecule has 2 atom stereocenters. The van der Waals surface area contributed by atoms with Crippen LogP contribution in [0.15, 0.2) is 24.3 Å². The van der Waals surface area contributed by atoms with Gasteiger partial charge in [-0.3, -0.25) is 14.4 Å². The van der Waals surface area contributed by atoms with Gasteiger partial charge in [0.2, 0.25) is 11.8 Å². The summed E-state index contributed by atoms with van der Waals surface area (Å²) in [5.74, 6) is -0.396. The van der Waals surface area contributed by atoms with E-state index < -0.39 is 11.7 Å². The number of carbonyl (C=O) groups is 3. The van der Waals surface area contributed by atoms with E-state index in [-0.39, 0.29) is 24.1 Å². The van der Waals surface area contributed by atoms with Crippen LogP contribution in [0.4, 0.5) is 5.69 Å². The second-order valence-corrected chi connectivity index (χ2v) is 6.33. The van der Waals surface area contributed by atoms with E-state index in [9.17, 15) is 14.4 Å². The van der Waals surface area contributed by atoms with Crippen LogP contribution in [0.25, 0.3) is 0 Å². The molecular weight excluding hydrogens is 308 g/mol. The third kappa shape index (κ3) is 2.81. The summed E-state index contributed by atoms with van der Waals surface area (Å²) in [5.41, 5.74) is 0.730. The normalized spacial score (nSPS) is 24.5. The Bertz CT molecular complexity index is 690. The maximum atomic E-state index is 12.4. The van der Waals surface area contributed by atoms with Gasteiger partial charge in [-0.1, -0.05) is 12.1 Å². The van der Waals surface area contributed by atoms with Crippen molar-refractivity contribution < 1.29 is 14.4 Å². The molecule has 2 aliphatic heterocycles. The van der Waals surface area contributed by atoms with Crippen LogP contribution >= 0.6 is 0 Å². The van der Waals surface area contributed by atoms with Crippen molar-refractivity contribution in [2.75, 3.05) is 18.9 Å². The average Bonchev–Trinajstić information content (AvgIpc) is 2.73. The molecular formula is C17H22N4O3. The van der Waals surface area contributed by atoms with Crippen LogP contribution in [-0.4, -0.2) is 47.9 Å². The first-order chi connectivity index (χ1) is 11.5. The summed E-state index contributed by atoms with van der Waals surface area (Å²) in [4.78, 5) is 38.3. The molecule has 2 heterocycles. The number of para-hydroxylation sites is 1. The zero-order chi connectivity index (χ0) is 17.3. The van der Waals surface area contributed by atoms with Crippen LogP contribution in [0, 0.1) is 0 Å². The van der Waals surface area contributed by atoms with E-state index in [1.165, 1.54) is 0 Å². The highest BCUT2D eigenvalue weighted by Gasteiger charge is 2.41. The predicted molar refractivity (Wildman–Crippen MR) is 89.4 cm³/mol. The van der Waals surface area contributed by atoms with E-state index in [1.807, 2.05) is 18.2 Å². The highest BCUT2D eigenvalue weighted by molar-refractivity contribution is 6.02. The van der Waals surface area contributed by atoms with Crippen LogP contribution in [0.1, 0.15) is 36.5 Å². The molecule has 2 aliphatic rings. The molecule has 0 saturated carbocycles. The highest BCUT2D eigenvalue weighted by Crippen LogP contribution is 2.31. The molecule has 1 fully saturated rings. The molecule has 0 bridgehead atoms. The van der Waals surface area contributed by atoms with E-state index in [2.05, 4.69) is 16.0 Å². The molecule has 0 aromatic heterocycles. The standard InChI is InChI=1S/C17H22N4O3/c1-11(15(23)18-2)21-10-9-17(8-7-14(21)22)19-13-6-4-3-5-12(13)16(24)20-17/h3-6,11,19H,7-10H2,1-2H3,(H,18,23)(H,20,24)/t11-,17+/m0/s1. The summed E-state index contributed by atoms with van der Waals surface area (Å²) in [6.45, 7) is 2.12. The molecule has 7 heteroatoms. The molecule has 3 N–H and O–H groups in total. The number of hydrogen-bond donors (Lipinski definition) is 3. The maximum absolute atomic E-state index is 12.4. The zero-order valence-electron chi connectivity index (χ0n) is 13.9. The van der Waals surface area contributed by atoms with Crippen molar-refractivity contribution >= 4 is 23.4 Å². The smallest absolute Gasteiger partial charge is 0.255 e. The molecule has 0 unspecified atom stereocenters. The Morgan fingerprint density at radius 1 is 1.25 bits per heavy atom. The minimum Gasteiger partial charge on any atom is -0.362 e. The number of anilines is 1. The van der Waals surface area contributed by atoms with Gasteiger partial charge in [-0.05, 0) is 25.5 Å². The monoisotopic (exact) mass is 330 g/mol. The van der Waals surface area contributed by atoms with Crippen molar-refractivity contribution in [2.24, 2.45) is 0 Å². The number of nitrogens with one attached hydrogen (secondary N) is 3. The summed E-state index contributed by atoms with van der Waals surface area (Å²) in [6, 6.07) is 6.81. The van der Waals surface area contributed by atoms with E-state index in [0.29, 0.717) is 24.9 Å². The summed E-state index contributed by atoms with van der Waals surface area (Å²) in [6.07, 6.45) is 1.31. The van der Waals surface area contributed by atoms with Gasteiger partial charge >= 0.3 is 0 Å². The predicted octanol–water partition coefficient (Wildman–Crippen LogP) is 0.685. The molecule has 3 amide bonds. The second kappa shape index (κ2) is 6.14. The number of hydrogen-bond acceptors (Lipinski definition) is 4. The van der Waals surface area contributed by atoms with Crippen LogP contribution in [0.2, 0.25) is 0 Å². The summed E-state index contributed by atoms with van der Waals surface area (Å²) >= 11 is 0. The van der Waals surface area contributed by atoms with Crippen molar-refractivity contribution in [3.8, 4) is 0 Å². The molecule has 1 aromatic rings. The first kappa shape index (κ1) is 16.3. The molecule has 7 nitrogen and oxygen atoms in total. The molecule has 128 valence electrons. The Hall–Kier alpha value is -2.57. The summed E-state index contributed by atoms with van der Waals surface area (Å²) in [5, 5.41) is 8.99. The maximum Gasteiger partial charge on any atom is 0.255 e. The number of likely N-dealkylation sites (tertiary alicyclic amines) is 1. The Kier molecular flexibility index (Phi) is 4.17. The van der Waals surface area contributed by atoms with Crippen molar-refractivity contribution in [1.29, 1.82) is 0 Å². The number of benzene rings is 1. The fraction of sp³-hybridized carbons (Fsp3) is 0.471. The molecule has 1 spiro atoms. The number of fused-ring (bicyclic) bond motifs is 1. The van der Waals surface area contributed by atoms with Gasteiger partial charge < -0.3 is 20.9 Å². The fourth-order valence-corrected chi connectivity index (χ4v) is 3.40. The van der Waals surface area contributed by atoms with Crippen LogP contribution in [-0.2, 0) is 9.59 Å². The van der Waals surface area contributed by atoms with Gasteiger partial charge in [-0.2, -0.15) is 0 Å². The van der Waals surface area contributed by atoms with Crippen LogP contribution in [0.3, 0.4) is 0 Å². The van der Waals surface area contributed by atoms with E-state index in [4.69, 9.17) is 0 Å². The highest BCUT2D eigenvalue weighted by atomic mass is 16.2. The average molecular weight is 330 g/mol. The van der Waals surface area contributed by atoms with E-state index in [1.54, 1.807) is 24.9 Å². The van der Waals surface area contributed by atoms with Crippen LogP contribution < -0.4 is 16.0 Å². The zero-order valence-corrected chi connectivity index (χ0v) is 13.9. The largest absolute Gasteiger partial charge is 0.362 e. The van der Waals surface area contributed by atoms with Crippen molar-refractivity contribution in [3.05, 3.63) is 29.8 Å². The quantitative estimate of drug-likeness (QED) is 0.744. The Morgan fingerprint density at radius 3 is 2.75 bits per heavy atom. The summed E-state index contributed by atoms with van der Waals surface area (Å²) < 4.78 is 0. The van der Waals surface area contributed by atoms with Crippen LogP contribution in [0.5, 0.6) is 0 Å². The number of nitrogens with zero attached hydrogens (tertiary/aromatic N) is 1. The van der Waals surface area contributed by atoms with Gasteiger partial charge in [0.15, 0.2) is 0 Å². The topological polar surface area (TPSA) is 90.5 Å². The second-order valence-electron chi connectivity index (χ2n) is 6.33. The number of likely N-dealkylation sites (N-methyl/N-ethyl adjacent to an activating group) is 1. The van der Waals surface area contributed by atoms with E-state index >= 15 is 0 Å². The molecule has 0 aliphatic carbocycles. The third-order valence-electron chi connectivity index (χ3n) is 4.86. The molecule has 24 heavy (non-hydrogen) atoms. The fourth-order valence-electron chi connectivity index (χ4n) is 3.40. The lowest BCUT2D eigenvalue weighted by molar-refractivity contribution is -0.139. The lowest BCUT2D eigenvalue weighted by Crippen LogP contribution is -2.58. The van der Waals surface area contributed by atoms with Gasteiger partial charge in [0, 0.05) is 32.1 Å². The number of amides is 3. The van der Waals surface area contributed by atoms with Crippen molar-refractivity contribution in [2.45, 2.75) is 37.9 Å². The van der Waals surface area contributed by atoms with Gasteiger partial charge in [0.1, 0.15) is 11.7 Å². The molecule has 3 rings (SSSR count). The Balaban J connectivity index is 1.82. The number of rotatable bonds is 2. The molecule has 1 saturated heterocycles. The third-order valence-corrected chi connectivity index (χ3v) is 4.86. The number of carbonyl (C=O) groups excluding carboxylic acids is 3. The van der Waals surface area contributed by atoms with Crippen molar-refractivity contribution in [3.63, 3.8) is 0 Å². The first-order valence-corrected chi connectivity index (χ1v) is 8.16. The minimum absolute atomic E-state index is 0.0714. The Morgan fingerprint density at radius 2 is 2.00 bits per heavy atom. The minimum atomic E-state index is -0.655. The molecule has 0 radical (unpaired) electrons. The SMILES string of the molecule is CNC(=O)[C@H](C)N1CC[C@@]2(CCC1=O)NC(=O)c1ccccc1N2. The first-order valence-electron chi connectivity index (χ1n) is 8.16. The lowest BCUT2D eigenvalue weighted by Gasteiger charge is -2.40. The van der Waals surface area contributed by atoms with Gasteiger partial charge in [-0.15, -0.1) is 0 Å². The van der Waals surface area contributed by atoms with E-state index in [0.717, 1.165) is 5.69 Å². The lowest BCUT2D eigenvalue weighted by atomic mass is 9.95. The van der Waals surface area contributed by atoms with Gasteiger partial charge in [0.25, 0.3) is 5.91 Å². The molecule has 1 aromatic carbocycles. The Labute approximate surface area is 140 Å². The van der Waals surface area contributed by atoms with Gasteiger partial charge in [-0.25, -0.2) is 0 Å².